The molecule has 140 valence electrons. The lowest BCUT2D eigenvalue weighted by Gasteiger charge is -2.24. The van der Waals surface area contributed by atoms with Crippen LogP contribution >= 0.6 is 0 Å². The number of hydrogen-bond acceptors (Lipinski definition) is 5. The number of para-hydroxylation sites is 1. The Morgan fingerprint density at radius 2 is 2.23 bits per heavy atom. The molecule has 7 nitrogen and oxygen atoms in total. The number of nitrogens with zero attached hydrogens (tertiary/aromatic N) is 4. The molecule has 1 fully saturated rings. The maximum atomic E-state index is 14.5. The SMILES string of the molecule is CC(C)(C)OC(=O)N[C@H]1CCN(c2c(F)cccc2Cn2ccnn2)C1. The highest BCUT2D eigenvalue weighted by molar-refractivity contribution is 5.68. The summed E-state index contributed by atoms with van der Waals surface area (Å²) in [5.74, 6) is -0.277. The van der Waals surface area contributed by atoms with E-state index in [0.29, 0.717) is 25.3 Å². The molecule has 0 bridgehead atoms. The lowest BCUT2D eigenvalue weighted by atomic mass is 10.1. The van der Waals surface area contributed by atoms with E-state index in [0.717, 1.165) is 12.0 Å². The molecule has 0 aliphatic carbocycles. The molecule has 1 aliphatic heterocycles. The Bertz CT molecular complexity index is 757. The molecule has 1 saturated heterocycles. The van der Waals surface area contributed by atoms with Crippen LogP contribution in [0.2, 0.25) is 0 Å². The van der Waals surface area contributed by atoms with Crippen molar-refractivity contribution >= 4 is 11.8 Å². The van der Waals surface area contributed by atoms with Gasteiger partial charge in [0.1, 0.15) is 11.4 Å². The minimum atomic E-state index is -0.543. The van der Waals surface area contributed by atoms with Gasteiger partial charge in [-0.1, -0.05) is 17.3 Å². The van der Waals surface area contributed by atoms with Crippen molar-refractivity contribution in [2.24, 2.45) is 0 Å². The Morgan fingerprint density at radius 3 is 2.92 bits per heavy atom. The van der Waals surface area contributed by atoms with Crippen molar-refractivity contribution < 1.29 is 13.9 Å². The predicted octanol–water partition coefficient (Wildman–Crippen LogP) is 2.57. The second kappa shape index (κ2) is 7.31. The molecule has 3 rings (SSSR count). The molecule has 2 aromatic rings. The first-order valence-electron chi connectivity index (χ1n) is 8.68. The zero-order valence-electron chi connectivity index (χ0n) is 15.3. The zero-order chi connectivity index (χ0) is 18.7. The van der Waals surface area contributed by atoms with E-state index in [1.54, 1.807) is 23.1 Å². The molecule has 8 heteroatoms. The maximum Gasteiger partial charge on any atom is 0.407 e. The molecule has 0 radical (unpaired) electrons. The molecule has 1 amide bonds. The van der Waals surface area contributed by atoms with Gasteiger partial charge in [0.2, 0.25) is 0 Å². The number of hydrogen-bond donors (Lipinski definition) is 1. The number of amides is 1. The zero-order valence-corrected chi connectivity index (χ0v) is 15.3. The average molecular weight is 361 g/mol. The topological polar surface area (TPSA) is 72.3 Å². The monoisotopic (exact) mass is 361 g/mol. The van der Waals surface area contributed by atoms with Crippen LogP contribution in [0, 0.1) is 5.82 Å². The summed E-state index contributed by atoms with van der Waals surface area (Å²) in [6.45, 7) is 7.10. The van der Waals surface area contributed by atoms with Gasteiger partial charge in [-0.05, 0) is 38.8 Å². The van der Waals surface area contributed by atoms with Gasteiger partial charge >= 0.3 is 6.09 Å². The molecule has 26 heavy (non-hydrogen) atoms. The molecule has 2 heterocycles. The van der Waals surface area contributed by atoms with Gasteiger partial charge in [-0.3, -0.25) is 0 Å². The predicted molar refractivity (Wildman–Crippen MR) is 95.5 cm³/mol. The van der Waals surface area contributed by atoms with Crippen LogP contribution < -0.4 is 10.2 Å². The van der Waals surface area contributed by atoms with E-state index in [-0.39, 0.29) is 11.9 Å². The van der Waals surface area contributed by atoms with Crippen molar-refractivity contribution in [1.82, 2.24) is 20.3 Å². The smallest absolute Gasteiger partial charge is 0.407 e. The number of anilines is 1. The van der Waals surface area contributed by atoms with E-state index in [1.165, 1.54) is 6.07 Å². The minimum absolute atomic E-state index is 0.0799. The Morgan fingerprint density at radius 1 is 1.42 bits per heavy atom. The van der Waals surface area contributed by atoms with Crippen LogP contribution in [0.15, 0.2) is 30.6 Å². The van der Waals surface area contributed by atoms with Gasteiger partial charge in [-0.25, -0.2) is 13.9 Å². The molecule has 1 atom stereocenters. The third kappa shape index (κ3) is 4.50. The molecule has 1 aromatic heterocycles. The third-order valence-electron chi connectivity index (χ3n) is 4.10. The lowest BCUT2D eigenvalue weighted by Crippen LogP contribution is -2.40. The van der Waals surface area contributed by atoms with E-state index in [4.69, 9.17) is 4.74 Å². The molecule has 0 spiro atoms. The summed E-state index contributed by atoms with van der Waals surface area (Å²) in [5.41, 5.74) is 0.837. The van der Waals surface area contributed by atoms with Crippen LogP contribution in [0.3, 0.4) is 0 Å². The van der Waals surface area contributed by atoms with Gasteiger partial charge in [0.25, 0.3) is 0 Å². The summed E-state index contributed by atoms with van der Waals surface area (Å²) in [6, 6.07) is 4.95. The Labute approximate surface area is 152 Å². The van der Waals surface area contributed by atoms with Gasteiger partial charge in [-0.15, -0.1) is 5.10 Å². The second-order valence-electron chi connectivity index (χ2n) is 7.43. The van der Waals surface area contributed by atoms with Gasteiger partial charge in [0.15, 0.2) is 0 Å². The van der Waals surface area contributed by atoms with Crippen LogP contribution in [-0.2, 0) is 11.3 Å². The van der Waals surface area contributed by atoms with E-state index in [2.05, 4.69) is 15.6 Å². The van der Waals surface area contributed by atoms with Crippen molar-refractivity contribution in [2.45, 2.75) is 45.4 Å². The van der Waals surface area contributed by atoms with Crippen LogP contribution in [-0.4, -0.2) is 45.8 Å². The summed E-state index contributed by atoms with van der Waals surface area (Å²) in [6.07, 6.45) is 3.62. The van der Waals surface area contributed by atoms with Crippen LogP contribution in [0.1, 0.15) is 32.8 Å². The van der Waals surface area contributed by atoms with Gasteiger partial charge in [-0.2, -0.15) is 0 Å². The van der Waals surface area contributed by atoms with Gasteiger partial charge in [0, 0.05) is 19.3 Å². The van der Waals surface area contributed by atoms with E-state index in [1.807, 2.05) is 31.7 Å². The summed E-state index contributed by atoms with van der Waals surface area (Å²) in [7, 11) is 0. The highest BCUT2D eigenvalue weighted by Crippen LogP contribution is 2.28. The maximum absolute atomic E-state index is 14.5. The number of halogens is 1. The van der Waals surface area contributed by atoms with Crippen molar-refractivity contribution in [3.63, 3.8) is 0 Å². The van der Waals surface area contributed by atoms with Crippen LogP contribution in [0.4, 0.5) is 14.9 Å². The summed E-state index contributed by atoms with van der Waals surface area (Å²) < 4.78 is 21.5. The first-order chi connectivity index (χ1) is 12.3. The minimum Gasteiger partial charge on any atom is -0.444 e. The fraction of sp³-hybridized carbons (Fsp3) is 0.500. The van der Waals surface area contributed by atoms with Gasteiger partial charge in [0.05, 0.1) is 24.5 Å². The first kappa shape index (κ1) is 18.2. The van der Waals surface area contributed by atoms with Crippen molar-refractivity contribution in [1.29, 1.82) is 0 Å². The number of rotatable bonds is 4. The molecule has 1 aromatic carbocycles. The first-order valence-corrected chi connectivity index (χ1v) is 8.68. The van der Waals surface area contributed by atoms with E-state index < -0.39 is 11.7 Å². The Balaban J connectivity index is 1.69. The number of ether oxygens (including phenoxy) is 1. The number of carbonyl (C=O) groups excluding carboxylic acids is 1. The van der Waals surface area contributed by atoms with E-state index in [9.17, 15) is 9.18 Å². The summed E-state index contributed by atoms with van der Waals surface area (Å²) in [4.78, 5) is 13.9. The normalized spacial score (nSPS) is 17.4. The number of alkyl carbamates (subject to hydrolysis) is 1. The second-order valence-corrected chi connectivity index (χ2v) is 7.43. The average Bonchev–Trinajstić information content (AvgIpc) is 3.17. The molecule has 1 N–H and O–H groups in total. The molecule has 0 saturated carbocycles. The molecular formula is C18H24FN5O2. The Kier molecular flexibility index (Phi) is 5.11. The highest BCUT2D eigenvalue weighted by atomic mass is 19.1. The van der Waals surface area contributed by atoms with Crippen LogP contribution in [0.5, 0.6) is 0 Å². The number of benzene rings is 1. The quantitative estimate of drug-likeness (QED) is 0.906. The van der Waals surface area contributed by atoms with Crippen LogP contribution in [0.25, 0.3) is 0 Å². The fourth-order valence-electron chi connectivity index (χ4n) is 3.09. The highest BCUT2D eigenvalue weighted by Gasteiger charge is 2.28. The number of aromatic nitrogens is 3. The number of carbonyl (C=O) groups is 1. The third-order valence-corrected chi connectivity index (χ3v) is 4.10. The largest absolute Gasteiger partial charge is 0.444 e. The number of nitrogens with one attached hydrogen (secondary N) is 1. The molecule has 0 unspecified atom stereocenters. The lowest BCUT2D eigenvalue weighted by molar-refractivity contribution is 0.0509. The van der Waals surface area contributed by atoms with Crippen molar-refractivity contribution in [2.75, 3.05) is 18.0 Å². The van der Waals surface area contributed by atoms with Gasteiger partial charge < -0.3 is 15.0 Å². The van der Waals surface area contributed by atoms with Crippen molar-refractivity contribution in [3.8, 4) is 0 Å². The molecule has 1 aliphatic rings. The summed E-state index contributed by atoms with van der Waals surface area (Å²) >= 11 is 0. The van der Waals surface area contributed by atoms with Crippen molar-refractivity contribution in [3.05, 3.63) is 42.0 Å². The summed E-state index contributed by atoms with van der Waals surface area (Å²) in [5, 5.41) is 10.6. The molecular weight excluding hydrogens is 337 g/mol. The standard InChI is InChI=1S/C18H24FN5O2/c1-18(2,3)26-17(25)21-14-7-9-23(12-14)16-13(5-4-6-15(16)19)11-24-10-8-20-22-24/h4-6,8,10,14H,7,9,11-12H2,1-3H3,(H,21,25)/t14-/m0/s1. The Hall–Kier alpha value is -2.64. The van der Waals surface area contributed by atoms with E-state index >= 15 is 0 Å². The fourth-order valence-corrected chi connectivity index (χ4v) is 3.09.